The Labute approximate surface area is 172 Å². The van der Waals surface area contributed by atoms with E-state index < -0.39 is 4.92 Å². The first kappa shape index (κ1) is 21.2. The Morgan fingerprint density at radius 3 is 2.59 bits per heavy atom. The maximum atomic E-state index is 13.3. The molecule has 1 saturated heterocycles. The zero-order chi connectivity index (χ0) is 20.8. The first-order valence-corrected chi connectivity index (χ1v) is 10.4. The Morgan fingerprint density at radius 1 is 1.28 bits per heavy atom. The second-order valence-electron chi connectivity index (χ2n) is 6.57. The van der Waals surface area contributed by atoms with Gasteiger partial charge in [-0.25, -0.2) is 4.39 Å². The van der Waals surface area contributed by atoms with E-state index >= 15 is 0 Å². The highest BCUT2D eigenvalue weighted by molar-refractivity contribution is 7.98. The summed E-state index contributed by atoms with van der Waals surface area (Å²) in [7, 11) is 0. The molecule has 0 aliphatic carbocycles. The van der Waals surface area contributed by atoms with Crippen LogP contribution in [0, 0.1) is 15.9 Å². The number of nitro benzene ring substituents is 1. The van der Waals surface area contributed by atoms with Crippen LogP contribution in [0.1, 0.15) is 22.0 Å². The summed E-state index contributed by atoms with van der Waals surface area (Å²) in [5.74, 6) is -0.708. The molecule has 0 aromatic heterocycles. The van der Waals surface area contributed by atoms with Gasteiger partial charge in [0, 0.05) is 31.3 Å². The maximum Gasteiger partial charge on any atom is 0.283 e. The molecule has 1 atom stereocenters. The van der Waals surface area contributed by atoms with Gasteiger partial charge < -0.3 is 10.1 Å². The number of amides is 1. The van der Waals surface area contributed by atoms with Gasteiger partial charge >= 0.3 is 0 Å². The zero-order valence-electron chi connectivity index (χ0n) is 16.0. The third-order valence-electron chi connectivity index (χ3n) is 4.83. The van der Waals surface area contributed by atoms with Gasteiger partial charge in [-0.3, -0.25) is 19.8 Å². The van der Waals surface area contributed by atoms with Gasteiger partial charge in [-0.2, -0.15) is 0 Å². The van der Waals surface area contributed by atoms with Crippen LogP contribution < -0.4 is 5.32 Å². The molecule has 1 unspecified atom stereocenters. The van der Waals surface area contributed by atoms with Crippen LogP contribution in [-0.2, 0) is 4.74 Å². The van der Waals surface area contributed by atoms with Crippen LogP contribution in [0.4, 0.5) is 10.1 Å². The molecule has 9 heteroatoms. The molecule has 29 heavy (non-hydrogen) atoms. The summed E-state index contributed by atoms with van der Waals surface area (Å²) in [6.45, 7) is 2.88. The third kappa shape index (κ3) is 5.31. The molecule has 1 aliphatic rings. The van der Waals surface area contributed by atoms with E-state index in [-0.39, 0.29) is 29.0 Å². The molecule has 0 saturated carbocycles. The third-order valence-corrected chi connectivity index (χ3v) is 5.62. The molecule has 0 spiro atoms. The van der Waals surface area contributed by atoms with Crippen molar-refractivity contribution in [3.8, 4) is 0 Å². The number of carbonyl (C=O) groups is 1. The molecule has 0 bridgehead atoms. The van der Waals surface area contributed by atoms with E-state index in [9.17, 15) is 19.3 Å². The zero-order valence-corrected chi connectivity index (χ0v) is 16.8. The highest BCUT2D eigenvalue weighted by atomic mass is 32.2. The smallest absolute Gasteiger partial charge is 0.283 e. The molecule has 1 amide bonds. The molecule has 3 rings (SSSR count). The van der Waals surface area contributed by atoms with Crippen LogP contribution in [0.3, 0.4) is 0 Å². The number of nitrogens with one attached hydrogen (secondary N) is 1. The molecule has 1 heterocycles. The van der Waals surface area contributed by atoms with Gasteiger partial charge in [0.25, 0.3) is 11.6 Å². The number of hydrogen-bond donors (Lipinski definition) is 1. The van der Waals surface area contributed by atoms with Crippen LogP contribution in [0.25, 0.3) is 0 Å². The number of nitrogens with zero attached hydrogens (tertiary/aromatic N) is 2. The monoisotopic (exact) mass is 419 g/mol. The summed E-state index contributed by atoms with van der Waals surface area (Å²) >= 11 is 1.26. The second-order valence-corrected chi connectivity index (χ2v) is 7.42. The summed E-state index contributed by atoms with van der Waals surface area (Å²) in [5, 5.41) is 14.1. The fourth-order valence-corrected chi connectivity index (χ4v) is 3.84. The van der Waals surface area contributed by atoms with Gasteiger partial charge in [0.05, 0.1) is 29.1 Å². The molecule has 154 valence electrons. The summed E-state index contributed by atoms with van der Waals surface area (Å²) in [6, 6.07) is 10.5. The van der Waals surface area contributed by atoms with E-state index in [1.165, 1.54) is 30.0 Å². The number of morpholine rings is 1. The van der Waals surface area contributed by atoms with Crippen molar-refractivity contribution in [2.45, 2.75) is 10.9 Å². The minimum Gasteiger partial charge on any atom is -0.379 e. The van der Waals surface area contributed by atoms with E-state index in [0.717, 1.165) is 5.56 Å². The molecule has 2 aromatic rings. The van der Waals surface area contributed by atoms with Crippen molar-refractivity contribution in [3.63, 3.8) is 0 Å². The van der Waals surface area contributed by atoms with E-state index in [0.29, 0.717) is 37.7 Å². The summed E-state index contributed by atoms with van der Waals surface area (Å²) in [4.78, 5) is 26.1. The number of thioether (sulfide) groups is 1. The standard InChI is InChI=1S/C20H22FN3O4S/c1-29-19-7-4-15(12-17(19)24(26)27)20(25)22-13-18(23-8-10-28-11-9-23)14-2-5-16(21)6-3-14/h2-7,12,18H,8-11,13H2,1H3,(H,22,25). The summed E-state index contributed by atoms with van der Waals surface area (Å²) < 4.78 is 18.7. The van der Waals surface area contributed by atoms with Gasteiger partial charge in [0.1, 0.15) is 5.82 Å². The van der Waals surface area contributed by atoms with Gasteiger partial charge in [-0.15, -0.1) is 11.8 Å². The number of carbonyl (C=O) groups excluding carboxylic acids is 1. The number of benzene rings is 2. The Hall–Kier alpha value is -2.49. The molecule has 1 aliphatic heterocycles. The van der Waals surface area contributed by atoms with Crippen molar-refractivity contribution in [1.29, 1.82) is 0 Å². The number of halogens is 1. The van der Waals surface area contributed by atoms with E-state index in [2.05, 4.69) is 10.2 Å². The summed E-state index contributed by atoms with van der Waals surface area (Å²) in [5.41, 5.74) is 1.03. The largest absolute Gasteiger partial charge is 0.379 e. The van der Waals surface area contributed by atoms with Crippen molar-refractivity contribution in [1.82, 2.24) is 10.2 Å². The Morgan fingerprint density at radius 2 is 1.97 bits per heavy atom. The summed E-state index contributed by atoms with van der Waals surface area (Å²) in [6.07, 6.45) is 1.75. The normalized spacial score (nSPS) is 15.7. The minimum atomic E-state index is -0.488. The van der Waals surface area contributed by atoms with E-state index in [1.54, 1.807) is 30.5 Å². The van der Waals surface area contributed by atoms with Crippen molar-refractivity contribution in [2.75, 3.05) is 39.1 Å². The molecule has 2 aromatic carbocycles. The number of rotatable bonds is 7. The fourth-order valence-electron chi connectivity index (χ4n) is 3.30. The van der Waals surface area contributed by atoms with Gasteiger partial charge in [0.15, 0.2) is 0 Å². The van der Waals surface area contributed by atoms with Crippen molar-refractivity contribution >= 4 is 23.4 Å². The first-order chi connectivity index (χ1) is 14.0. The lowest BCUT2D eigenvalue weighted by Gasteiger charge is -2.35. The number of ether oxygens (including phenoxy) is 1. The number of nitro groups is 1. The van der Waals surface area contributed by atoms with Crippen molar-refractivity contribution in [3.05, 3.63) is 69.5 Å². The molecule has 0 radical (unpaired) electrons. The van der Waals surface area contributed by atoms with Gasteiger partial charge in [-0.05, 0) is 36.1 Å². The lowest BCUT2D eigenvalue weighted by Crippen LogP contribution is -2.43. The lowest BCUT2D eigenvalue weighted by molar-refractivity contribution is -0.387. The highest BCUT2D eigenvalue weighted by Gasteiger charge is 2.24. The number of hydrogen-bond acceptors (Lipinski definition) is 6. The van der Waals surface area contributed by atoms with Crippen molar-refractivity contribution < 1.29 is 18.8 Å². The molecular formula is C20H22FN3O4S. The highest BCUT2D eigenvalue weighted by Crippen LogP contribution is 2.28. The fraction of sp³-hybridized carbons (Fsp3) is 0.350. The van der Waals surface area contributed by atoms with E-state index in [1.807, 2.05) is 0 Å². The van der Waals surface area contributed by atoms with E-state index in [4.69, 9.17) is 4.74 Å². The van der Waals surface area contributed by atoms with Gasteiger partial charge in [0.2, 0.25) is 0 Å². The molecule has 1 N–H and O–H groups in total. The minimum absolute atomic E-state index is 0.0894. The molecule has 7 nitrogen and oxygen atoms in total. The topological polar surface area (TPSA) is 84.7 Å². The quantitative estimate of drug-likeness (QED) is 0.421. The van der Waals surface area contributed by atoms with Crippen LogP contribution in [0.2, 0.25) is 0 Å². The Bertz CT molecular complexity index is 873. The Kier molecular flexibility index (Phi) is 7.18. The SMILES string of the molecule is CSc1ccc(C(=O)NCC(c2ccc(F)cc2)N2CCOCC2)cc1[N+](=O)[O-]. The van der Waals surface area contributed by atoms with Gasteiger partial charge in [-0.1, -0.05) is 12.1 Å². The maximum absolute atomic E-state index is 13.3. The second kappa shape index (κ2) is 9.82. The molecular weight excluding hydrogens is 397 g/mol. The molecule has 1 fully saturated rings. The van der Waals surface area contributed by atoms with Crippen molar-refractivity contribution in [2.24, 2.45) is 0 Å². The lowest BCUT2D eigenvalue weighted by atomic mass is 10.0. The average molecular weight is 419 g/mol. The predicted molar refractivity (Wildman–Crippen MR) is 109 cm³/mol. The Balaban J connectivity index is 1.76. The first-order valence-electron chi connectivity index (χ1n) is 9.17. The van der Waals surface area contributed by atoms with Crippen LogP contribution in [-0.4, -0.2) is 54.8 Å². The predicted octanol–water partition coefficient (Wildman–Crippen LogP) is 3.26. The van der Waals surface area contributed by atoms with Crippen LogP contribution in [0.15, 0.2) is 47.4 Å². The average Bonchev–Trinajstić information content (AvgIpc) is 2.75. The van der Waals surface area contributed by atoms with Crippen LogP contribution >= 0.6 is 11.8 Å². The van der Waals surface area contributed by atoms with Crippen LogP contribution in [0.5, 0.6) is 0 Å².